The number of ether oxygens (including phenoxy) is 1. The van der Waals surface area contributed by atoms with E-state index in [0.29, 0.717) is 10.8 Å². The van der Waals surface area contributed by atoms with E-state index in [9.17, 15) is 5.11 Å². The predicted octanol–water partition coefficient (Wildman–Crippen LogP) is 3.01. The van der Waals surface area contributed by atoms with E-state index in [2.05, 4.69) is 6.92 Å². The average Bonchev–Trinajstić information content (AvgIpc) is 2.11. The topological polar surface area (TPSA) is 29.5 Å². The number of aryl methyl sites for hydroxylation is 1. The minimum atomic E-state index is 0.0679. The molecule has 0 aliphatic carbocycles. The van der Waals surface area contributed by atoms with E-state index in [1.165, 1.54) is 0 Å². The Hall–Kier alpha value is -0.890. The summed E-state index contributed by atoms with van der Waals surface area (Å²) in [6.45, 7) is 2.08. The van der Waals surface area contributed by atoms with Gasteiger partial charge in [0.2, 0.25) is 0 Å². The molecule has 1 aromatic carbocycles. The molecular weight excluding hydrogens is 188 g/mol. The summed E-state index contributed by atoms with van der Waals surface area (Å²) in [6.07, 6.45) is 1.93. The third-order valence-electron chi connectivity index (χ3n) is 1.87. The van der Waals surface area contributed by atoms with Crippen LogP contribution in [0.1, 0.15) is 18.9 Å². The first kappa shape index (κ1) is 10.2. The van der Waals surface area contributed by atoms with Crippen molar-refractivity contribution < 1.29 is 9.84 Å². The van der Waals surface area contributed by atoms with Gasteiger partial charge in [-0.05, 0) is 18.1 Å². The van der Waals surface area contributed by atoms with Gasteiger partial charge in [0.25, 0.3) is 0 Å². The largest absolute Gasteiger partial charge is 0.506 e. The van der Waals surface area contributed by atoms with Crippen LogP contribution in [-0.2, 0) is 6.42 Å². The number of hydrogen-bond donors (Lipinski definition) is 1. The first-order chi connectivity index (χ1) is 6.19. The van der Waals surface area contributed by atoms with Crippen LogP contribution in [0.5, 0.6) is 11.5 Å². The van der Waals surface area contributed by atoms with Crippen molar-refractivity contribution in [3.05, 3.63) is 22.7 Å². The highest BCUT2D eigenvalue weighted by atomic mass is 35.5. The van der Waals surface area contributed by atoms with Gasteiger partial charge in [-0.3, -0.25) is 0 Å². The smallest absolute Gasteiger partial charge is 0.137 e. The summed E-state index contributed by atoms with van der Waals surface area (Å²) >= 11 is 5.77. The Morgan fingerprint density at radius 3 is 2.69 bits per heavy atom. The lowest BCUT2D eigenvalue weighted by Crippen LogP contribution is -1.91. The van der Waals surface area contributed by atoms with E-state index in [-0.39, 0.29) is 5.75 Å². The second-order valence-corrected chi connectivity index (χ2v) is 3.27. The molecule has 0 radical (unpaired) electrons. The minimum Gasteiger partial charge on any atom is -0.506 e. The summed E-state index contributed by atoms with van der Waals surface area (Å²) < 4.78 is 5.12. The zero-order chi connectivity index (χ0) is 9.84. The molecule has 1 rings (SSSR count). The second kappa shape index (κ2) is 4.38. The Balaban J connectivity index is 3.09. The summed E-state index contributed by atoms with van der Waals surface area (Å²) in [5.74, 6) is 0.766. The van der Waals surface area contributed by atoms with Gasteiger partial charge >= 0.3 is 0 Å². The monoisotopic (exact) mass is 200 g/mol. The normalized spacial score (nSPS) is 10.1. The van der Waals surface area contributed by atoms with E-state index in [1.54, 1.807) is 19.2 Å². The van der Waals surface area contributed by atoms with E-state index in [0.717, 1.165) is 18.4 Å². The zero-order valence-corrected chi connectivity index (χ0v) is 8.56. The molecule has 1 aromatic rings. The van der Waals surface area contributed by atoms with Crippen LogP contribution in [0.15, 0.2) is 12.1 Å². The highest BCUT2D eigenvalue weighted by molar-refractivity contribution is 6.32. The predicted molar refractivity (Wildman–Crippen MR) is 53.7 cm³/mol. The maximum atomic E-state index is 9.31. The summed E-state index contributed by atoms with van der Waals surface area (Å²) in [4.78, 5) is 0. The Morgan fingerprint density at radius 1 is 1.46 bits per heavy atom. The quantitative estimate of drug-likeness (QED) is 0.813. The molecule has 0 amide bonds. The summed E-state index contributed by atoms with van der Waals surface area (Å²) in [5.41, 5.74) is 1.04. The van der Waals surface area contributed by atoms with Crippen LogP contribution in [0.3, 0.4) is 0 Å². The van der Waals surface area contributed by atoms with Gasteiger partial charge in [0.1, 0.15) is 11.5 Å². The maximum absolute atomic E-state index is 9.31. The molecular formula is C10H13ClO2. The number of aromatic hydroxyl groups is 1. The van der Waals surface area contributed by atoms with Gasteiger partial charge in [-0.2, -0.15) is 0 Å². The van der Waals surface area contributed by atoms with Gasteiger partial charge in [-0.15, -0.1) is 0 Å². The Labute approximate surface area is 83.1 Å². The van der Waals surface area contributed by atoms with Crippen LogP contribution in [-0.4, -0.2) is 12.2 Å². The zero-order valence-electron chi connectivity index (χ0n) is 7.80. The van der Waals surface area contributed by atoms with Gasteiger partial charge in [0.15, 0.2) is 0 Å². The molecule has 2 nitrogen and oxygen atoms in total. The molecule has 0 spiro atoms. The van der Waals surface area contributed by atoms with E-state index in [1.807, 2.05) is 0 Å². The third-order valence-corrected chi connectivity index (χ3v) is 2.17. The number of hydrogen-bond acceptors (Lipinski definition) is 2. The van der Waals surface area contributed by atoms with Gasteiger partial charge in [-0.25, -0.2) is 0 Å². The number of phenols is 1. The van der Waals surface area contributed by atoms with Crippen LogP contribution in [0.4, 0.5) is 0 Å². The lowest BCUT2D eigenvalue weighted by molar-refractivity contribution is 0.402. The number of methoxy groups -OCH3 is 1. The lowest BCUT2D eigenvalue weighted by atomic mass is 10.1. The van der Waals surface area contributed by atoms with Crippen molar-refractivity contribution in [3.8, 4) is 11.5 Å². The van der Waals surface area contributed by atoms with Gasteiger partial charge in [0.05, 0.1) is 12.1 Å². The molecule has 0 heterocycles. The number of phenolic OH excluding ortho intramolecular Hbond substituents is 1. The van der Waals surface area contributed by atoms with Crippen molar-refractivity contribution in [2.24, 2.45) is 0 Å². The summed E-state index contributed by atoms with van der Waals surface area (Å²) in [5, 5.41) is 9.69. The number of halogens is 1. The maximum Gasteiger partial charge on any atom is 0.137 e. The molecule has 0 saturated heterocycles. The van der Waals surface area contributed by atoms with Crippen LogP contribution >= 0.6 is 11.6 Å². The molecule has 0 fully saturated rings. The average molecular weight is 201 g/mol. The van der Waals surface area contributed by atoms with Crippen LogP contribution < -0.4 is 4.74 Å². The standard InChI is InChI=1S/C10H13ClO2/c1-3-4-7-5-8(11)9(12)6-10(7)13-2/h5-6,12H,3-4H2,1-2H3. The number of benzene rings is 1. The molecule has 0 aliphatic rings. The van der Waals surface area contributed by atoms with Crippen molar-refractivity contribution in [1.29, 1.82) is 0 Å². The van der Waals surface area contributed by atoms with E-state index in [4.69, 9.17) is 16.3 Å². The molecule has 0 atom stereocenters. The summed E-state index contributed by atoms with van der Waals surface area (Å²) in [6, 6.07) is 3.30. The van der Waals surface area contributed by atoms with Gasteiger partial charge in [-0.1, -0.05) is 24.9 Å². The fourth-order valence-corrected chi connectivity index (χ4v) is 1.42. The van der Waals surface area contributed by atoms with Crippen molar-refractivity contribution >= 4 is 11.6 Å². The van der Waals surface area contributed by atoms with Crippen molar-refractivity contribution in [2.45, 2.75) is 19.8 Å². The Bertz CT molecular complexity index is 297. The molecule has 13 heavy (non-hydrogen) atoms. The van der Waals surface area contributed by atoms with Gasteiger partial charge in [0, 0.05) is 6.07 Å². The van der Waals surface area contributed by atoms with Crippen molar-refractivity contribution in [2.75, 3.05) is 7.11 Å². The van der Waals surface area contributed by atoms with Gasteiger partial charge < -0.3 is 9.84 Å². The van der Waals surface area contributed by atoms with Crippen LogP contribution in [0, 0.1) is 0 Å². The van der Waals surface area contributed by atoms with E-state index < -0.39 is 0 Å². The third kappa shape index (κ3) is 2.28. The highest BCUT2D eigenvalue weighted by Crippen LogP contribution is 2.32. The first-order valence-electron chi connectivity index (χ1n) is 4.24. The minimum absolute atomic E-state index is 0.0679. The van der Waals surface area contributed by atoms with Crippen LogP contribution in [0.25, 0.3) is 0 Å². The SMILES string of the molecule is CCCc1cc(Cl)c(O)cc1OC. The molecule has 0 aliphatic heterocycles. The molecule has 0 unspecified atom stereocenters. The van der Waals surface area contributed by atoms with Crippen LogP contribution in [0.2, 0.25) is 5.02 Å². The summed E-state index contributed by atoms with van der Waals surface area (Å²) in [7, 11) is 1.59. The number of rotatable bonds is 3. The van der Waals surface area contributed by atoms with Crippen molar-refractivity contribution in [3.63, 3.8) is 0 Å². The first-order valence-corrected chi connectivity index (χ1v) is 4.62. The molecule has 0 aromatic heterocycles. The Morgan fingerprint density at radius 2 is 2.15 bits per heavy atom. The molecule has 0 bridgehead atoms. The second-order valence-electron chi connectivity index (χ2n) is 2.87. The lowest BCUT2D eigenvalue weighted by Gasteiger charge is -2.08. The van der Waals surface area contributed by atoms with Crippen molar-refractivity contribution in [1.82, 2.24) is 0 Å². The molecule has 3 heteroatoms. The molecule has 72 valence electrons. The molecule has 1 N–H and O–H groups in total. The fourth-order valence-electron chi connectivity index (χ4n) is 1.24. The molecule has 0 saturated carbocycles. The highest BCUT2D eigenvalue weighted by Gasteiger charge is 2.07. The Kier molecular flexibility index (Phi) is 3.43. The van der Waals surface area contributed by atoms with E-state index >= 15 is 0 Å². The fraction of sp³-hybridized carbons (Fsp3) is 0.400.